The van der Waals surface area contributed by atoms with E-state index >= 15 is 0 Å². The Morgan fingerprint density at radius 1 is 0.976 bits per heavy atom. The van der Waals surface area contributed by atoms with Gasteiger partial charge in [-0.15, -0.1) is 5.06 Å². The number of benzene rings is 2. The lowest BCUT2D eigenvalue weighted by Crippen LogP contribution is -2.43. The van der Waals surface area contributed by atoms with Crippen molar-refractivity contribution in [1.82, 2.24) is 19.7 Å². The molecular weight excluding hydrogens is 590 g/mol. The van der Waals surface area contributed by atoms with E-state index in [4.69, 9.17) is 11.6 Å². The first-order valence-corrected chi connectivity index (χ1v) is 13.5. The number of aryl methyl sites for hydroxylation is 1. The van der Waals surface area contributed by atoms with Crippen molar-refractivity contribution in [3.63, 3.8) is 0 Å². The number of amides is 1. The summed E-state index contributed by atoms with van der Waals surface area (Å²) in [4.78, 5) is 31.1. The molecule has 2 atom stereocenters. The number of hydrogen-bond acceptors (Lipinski definition) is 5. The molecule has 0 bridgehead atoms. The molecule has 0 N–H and O–H groups in total. The Kier molecular flexibility index (Phi) is 8.26. The maximum Gasteiger partial charge on any atom is 0.492 e. The van der Waals surface area contributed by atoms with Gasteiger partial charge in [-0.25, -0.2) is 22.6 Å². The minimum absolute atomic E-state index is 0.0110. The molecule has 224 valence electrons. The SMILES string of the molecule is Cc1cc(C2CCN(C(=O)[C@@H]3CN(OC(=O)C(F)(F)F)C[C@H]3c3ccc(F)cc3F)CC2)nn1-c1ccc(F)c(Cl)c1. The second kappa shape index (κ2) is 11.6. The maximum absolute atomic E-state index is 14.7. The van der Waals surface area contributed by atoms with Crippen LogP contribution in [-0.2, 0) is 14.4 Å². The lowest BCUT2D eigenvalue weighted by atomic mass is 9.86. The molecule has 1 amide bonds. The third-order valence-corrected chi connectivity index (χ3v) is 7.98. The molecule has 42 heavy (non-hydrogen) atoms. The predicted molar refractivity (Wildman–Crippen MR) is 138 cm³/mol. The average Bonchev–Trinajstić information content (AvgIpc) is 3.53. The summed E-state index contributed by atoms with van der Waals surface area (Å²) in [6.45, 7) is 1.69. The van der Waals surface area contributed by atoms with E-state index in [1.54, 1.807) is 15.6 Å². The molecule has 3 heterocycles. The fourth-order valence-corrected chi connectivity index (χ4v) is 5.76. The zero-order valence-corrected chi connectivity index (χ0v) is 22.9. The van der Waals surface area contributed by atoms with Gasteiger partial charge in [-0.2, -0.15) is 18.3 Å². The topological polar surface area (TPSA) is 67.7 Å². The van der Waals surface area contributed by atoms with Gasteiger partial charge in [-0.3, -0.25) is 4.79 Å². The molecule has 0 unspecified atom stereocenters. The standard InChI is InChI=1S/C28H25ClF6N4O3/c1-15-10-25(36-39(15)18-3-5-23(31)22(29)12-18)16-6-8-37(9-7-16)26(40)21-14-38(42-27(41)28(33,34)35)13-20(21)19-4-2-17(30)11-24(19)32/h2-5,10-12,16,20-21H,6-9,13-14H2,1H3/t20-,21+/m0/s1. The highest BCUT2D eigenvalue weighted by atomic mass is 35.5. The highest BCUT2D eigenvalue weighted by Crippen LogP contribution is 2.38. The number of hydroxylamine groups is 2. The van der Waals surface area contributed by atoms with Crippen LogP contribution in [0, 0.1) is 30.3 Å². The van der Waals surface area contributed by atoms with Crippen LogP contribution < -0.4 is 0 Å². The predicted octanol–water partition coefficient (Wildman–Crippen LogP) is 5.69. The first kappa shape index (κ1) is 29.9. The van der Waals surface area contributed by atoms with Gasteiger partial charge in [-0.05, 0) is 55.7 Å². The summed E-state index contributed by atoms with van der Waals surface area (Å²) in [5.74, 6) is -7.25. The summed E-state index contributed by atoms with van der Waals surface area (Å²) in [7, 11) is 0. The van der Waals surface area contributed by atoms with Crippen LogP contribution in [0.4, 0.5) is 26.3 Å². The number of nitrogens with zero attached hydrogens (tertiary/aromatic N) is 4. The third kappa shape index (κ3) is 6.12. The fourth-order valence-electron chi connectivity index (χ4n) is 5.59. The van der Waals surface area contributed by atoms with Crippen molar-refractivity contribution in [2.45, 2.75) is 37.8 Å². The van der Waals surface area contributed by atoms with Crippen molar-refractivity contribution in [3.8, 4) is 5.69 Å². The first-order chi connectivity index (χ1) is 19.8. The van der Waals surface area contributed by atoms with E-state index < -0.39 is 47.3 Å². The Bertz CT molecular complexity index is 1510. The number of alkyl halides is 3. The summed E-state index contributed by atoms with van der Waals surface area (Å²) < 4.78 is 81.9. The molecular formula is C28H25ClF6N4O3. The minimum Gasteiger partial charge on any atom is -0.361 e. The molecule has 0 spiro atoms. The van der Waals surface area contributed by atoms with Gasteiger partial charge in [0.15, 0.2) is 0 Å². The van der Waals surface area contributed by atoms with Crippen LogP contribution >= 0.6 is 11.6 Å². The van der Waals surface area contributed by atoms with Gasteiger partial charge in [0, 0.05) is 49.8 Å². The minimum atomic E-state index is -5.26. The van der Waals surface area contributed by atoms with E-state index in [0.717, 1.165) is 23.5 Å². The van der Waals surface area contributed by atoms with E-state index in [2.05, 4.69) is 9.94 Å². The monoisotopic (exact) mass is 614 g/mol. The van der Waals surface area contributed by atoms with Gasteiger partial charge in [0.05, 0.1) is 22.3 Å². The van der Waals surface area contributed by atoms with E-state index in [0.29, 0.717) is 42.7 Å². The summed E-state index contributed by atoms with van der Waals surface area (Å²) in [6.07, 6.45) is -4.20. The van der Waals surface area contributed by atoms with Crippen LogP contribution in [0.3, 0.4) is 0 Å². The van der Waals surface area contributed by atoms with E-state index in [1.807, 2.05) is 13.0 Å². The highest BCUT2D eigenvalue weighted by Gasteiger charge is 2.47. The maximum atomic E-state index is 14.7. The molecule has 0 radical (unpaired) electrons. The largest absolute Gasteiger partial charge is 0.492 e. The van der Waals surface area contributed by atoms with Crippen LogP contribution in [0.5, 0.6) is 0 Å². The zero-order valence-electron chi connectivity index (χ0n) is 22.2. The molecule has 7 nitrogen and oxygen atoms in total. The number of hydrogen-bond donors (Lipinski definition) is 0. The van der Waals surface area contributed by atoms with Crippen molar-refractivity contribution in [3.05, 3.63) is 81.9 Å². The van der Waals surface area contributed by atoms with Crippen molar-refractivity contribution < 1.29 is 40.8 Å². The van der Waals surface area contributed by atoms with E-state index in [1.165, 1.54) is 12.1 Å². The number of piperidine rings is 1. The lowest BCUT2D eigenvalue weighted by Gasteiger charge is -2.34. The summed E-state index contributed by atoms with van der Waals surface area (Å²) in [6, 6.07) is 8.95. The Morgan fingerprint density at radius 2 is 1.69 bits per heavy atom. The lowest BCUT2D eigenvalue weighted by molar-refractivity contribution is -0.235. The van der Waals surface area contributed by atoms with Crippen LogP contribution in [0.1, 0.15) is 41.6 Å². The van der Waals surface area contributed by atoms with Gasteiger partial charge in [0.2, 0.25) is 5.91 Å². The molecule has 3 aromatic rings. The average molecular weight is 615 g/mol. The molecule has 2 aromatic carbocycles. The number of aromatic nitrogens is 2. The third-order valence-electron chi connectivity index (χ3n) is 7.69. The van der Waals surface area contributed by atoms with Crippen molar-refractivity contribution in [2.75, 3.05) is 26.2 Å². The molecule has 2 aliphatic rings. The zero-order chi connectivity index (χ0) is 30.3. The molecule has 2 fully saturated rings. The molecule has 1 aromatic heterocycles. The van der Waals surface area contributed by atoms with Crippen molar-refractivity contribution >= 4 is 23.5 Å². The summed E-state index contributed by atoms with van der Waals surface area (Å²) in [5.41, 5.74) is 2.11. The molecule has 5 rings (SSSR count). The number of rotatable bonds is 5. The molecule has 2 saturated heterocycles. The molecule has 14 heteroatoms. The quantitative estimate of drug-likeness (QED) is 0.346. The number of halogens is 7. The van der Waals surface area contributed by atoms with Crippen LogP contribution in [0.2, 0.25) is 5.02 Å². The van der Waals surface area contributed by atoms with Crippen molar-refractivity contribution in [2.24, 2.45) is 5.92 Å². The number of likely N-dealkylation sites (tertiary alicyclic amines) is 1. The molecule has 0 aliphatic carbocycles. The van der Waals surface area contributed by atoms with Crippen LogP contribution in [0.15, 0.2) is 42.5 Å². The number of carbonyl (C=O) groups excluding carboxylic acids is 2. The second-order valence-corrected chi connectivity index (χ2v) is 10.8. The Labute approximate surface area is 241 Å². The van der Waals surface area contributed by atoms with Gasteiger partial charge >= 0.3 is 12.1 Å². The van der Waals surface area contributed by atoms with Gasteiger partial charge in [-0.1, -0.05) is 17.7 Å². The van der Waals surface area contributed by atoms with Crippen molar-refractivity contribution in [1.29, 1.82) is 0 Å². The molecule has 0 saturated carbocycles. The first-order valence-electron chi connectivity index (χ1n) is 13.1. The Balaban J connectivity index is 1.30. The summed E-state index contributed by atoms with van der Waals surface area (Å²) in [5, 5.41) is 5.33. The number of carbonyl (C=O) groups is 2. The normalized spacial score (nSPS) is 20.2. The molecule has 2 aliphatic heterocycles. The fraction of sp³-hybridized carbons (Fsp3) is 0.393. The summed E-state index contributed by atoms with van der Waals surface area (Å²) >= 11 is 5.92. The van der Waals surface area contributed by atoms with Gasteiger partial charge < -0.3 is 9.74 Å². The van der Waals surface area contributed by atoms with E-state index in [-0.39, 0.29) is 29.6 Å². The van der Waals surface area contributed by atoms with Gasteiger partial charge in [0.25, 0.3) is 0 Å². The van der Waals surface area contributed by atoms with Gasteiger partial charge in [0.1, 0.15) is 17.5 Å². The Morgan fingerprint density at radius 3 is 2.33 bits per heavy atom. The van der Waals surface area contributed by atoms with Crippen LogP contribution in [-0.4, -0.2) is 64.0 Å². The van der Waals surface area contributed by atoms with E-state index in [9.17, 15) is 35.9 Å². The Hall–Kier alpha value is -3.58. The van der Waals surface area contributed by atoms with Crippen LogP contribution in [0.25, 0.3) is 5.69 Å². The smallest absolute Gasteiger partial charge is 0.361 e. The highest BCUT2D eigenvalue weighted by molar-refractivity contribution is 6.30. The second-order valence-electron chi connectivity index (χ2n) is 10.4.